The first kappa shape index (κ1) is 14.2. The molecule has 17 heavy (non-hydrogen) atoms. The van der Waals surface area contributed by atoms with Gasteiger partial charge in [0.1, 0.15) is 0 Å². The standard InChI is InChI=1S/C10H17N3O2S2/c1-3-5-6-15-9(14)11-8-12-13-10(17-8)16-7-4-2/h3-7H2,1-2H3,(H,11,12,14). The van der Waals surface area contributed by atoms with Crippen molar-refractivity contribution in [2.75, 3.05) is 17.7 Å². The van der Waals surface area contributed by atoms with Crippen molar-refractivity contribution in [2.24, 2.45) is 0 Å². The highest BCUT2D eigenvalue weighted by Gasteiger charge is 2.08. The Kier molecular flexibility index (Phi) is 6.95. The average Bonchev–Trinajstić information content (AvgIpc) is 2.74. The Morgan fingerprint density at radius 2 is 2.24 bits per heavy atom. The van der Waals surface area contributed by atoms with E-state index < -0.39 is 6.09 Å². The van der Waals surface area contributed by atoms with E-state index in [4.69, 9.17) is 4.74 Å². The number of aromatic nitrogens is 2. The van der Waals surface area contributed by atoms with Gasteiger partial charge in [0, 0.05) is 5.75 Å². The van der Waals surface area contributed by atoms with Gasteiger partial charge < -0.3 is 4.74 Å². The first-order chi connectivity index (χ1) is 8.26. The van der Waals surface area contributed by atoms with Crippen LogP contribution in [0, 0.1) is 0 Å². The fourth-order valence-electron chi connectivity index (χ4n) is 0.941. The predicted octanol–water partition coefficient (Wildman–Crippen LogP) is 3.39. The number of rotatable bonds is 7. The molecule has 0 bridgehead atoms. The van der Waals surface area contributed by atoms with Crippen LogP contribution >= 0.6 is 23.1 Å². The minimum absolute atomic E-state index is 0.443. The van der Waals surface area contributed by atoms with Gasteiger partial charge in [0.05, 0.1) is 6.61 Å². The molecule has 0 aliphatic carbocycles. The lowest BCUT2D eigenvalue weighted by Gasteiger charge is -2.02. The lowest BCUT2D eigenvalue weighted by atomic mass is 10.4. The number of carbonyl (C=O) groups excluding carboxylic acids is 1. The quantitative estimate of drug-likeness (QED) is 0.469. The summed E-state index contributed by atoms with van der Waals surface area (Å²) in [5.74, 6) is 1.01. The van der Waals surface area contributed by atoms with Crippen LogP contribution in [0.4, 0.5) is 9.93 Å². The monoisotopic (exact) mass is 275 g/mol. The van der Waals surface area contributed by atoms with E-state index in [9.17, 15) is 4.79 Å². The SMILES string of the molecule is CCCCOC(=O)Nc1nnc(SCCC)s1. The van der Waals surface area contributed by atoms with Crippen molar-refractivity contribution in [3.8, 4) is 0 Å². The molecular weight excluding hydrogens is 258 g/mol. The molecular formula is C10H17N3O2S2. The van der Waals surface area contributed by atoms with Crippen LogP contribution in [-0.4, -0.2) is 28.7 Å². The Balaban J connectivity index is 2.30. The fourth-order valence-corrected chi connectivity index (χ4v) is 2.60. The van der Waals surface area contributed by atoms with Crippen LogP contribution < -0.4 is 5.32 Å². The molecule has 7 heteroatoms. The zero-order valence-electron chi connectivity index (χ0n) is 10.1. The molecule has 0 spiro atoms. The van der Waals surface area contributed by atoms with Crippen LogP contribution in [0.3, 0.4) is 0 Å². The summed E-state index contributed by atoms with van der Waals surface area (Å²) in [4.78, 5) is 11.3. The van der Waals surface area contributed by atoms with E-state index in [0.29, 0.717) is 11.7 Å². The lowest BCUT2D eigenvalue weighted by Crippen LogP contribution is -2.14. The molecule has 1 N–H and O–H groups in total. The molecule has 1 heterocycles. The highest BCUT2D eigenvalue weighted by molar-refractivity contribution is 8.01. The molecule has 5 nitrogen and oxygen atoms in total. The molecule has 0 radical (unpaired) electrons. The molecule has 0 atom stereocenters. The summed E-state index contributed by atoms with van der Waals surface area (Å²) < 4.78 is 5.83. The van der Waals surface area contributed by atoms with Crippen LogP contribution in [0.2, 0.25) is 0 Å². The van der Waals surface area contributed by atoms with Gasteiger partial charge in [-0.2, -0.15) is 0 Å². The van der Waals surface area contributed by atoms with Crippen molar-refractivity contribution in [3.05, 3.63) is 0 Å². The third kappa shape index (κ3) is 5.88. The van der Waals surface area contributed by atoms with Crippen molar-refractivity contribution in [3.63, 3.8) is 0 Å². The number of amides is 1. The summed E-state index contributed by atoms with van der Waals surface area (Å²) in [7, 11) is 0. The maximum absolute atomic E-state index is 11.3. The first-order valence-corrected chi connectivity index (χ1v) is 7.46. The van der Waals surface area contributed by atoms with E-state index in [1.807, 2.05) is 6.92 Å². The Morgan fingerprint density at radius 1 is 1.41 bits per heavy atom. The third-order valence-electron chi connectivity index (χ3n) is 1.78. The molecule has 1 aromatic heterocycles. The van der Waals surface area contributed by atoms with E-state index in [1.165, 1.54) is 11.3 Å². The van der Waals surface area contributed by atoms with Gasteiger partial charge in [-0.3, -0.25) is 5.32 Å². The van der Waals surface area contributed by atoms with E-state index in [2.05, 4.69) is 22.4 Å². The second-order valence-electron chi connectivity index (χ2n) is 3.34. The van der Waals surface area contributed by atoms with Crippen molar-refractivity contribution < 1.29 is 9.53 Å². The molecule has 96 valence electrons. The number of ether oxygens (including phenoxy) is 1. The second kappa shape index (κ2) is 8.30. The van der Waals surface area contributed by atoms with Crippen molar-refractivity contribution in [1.82, 2.24) is 10.2 Å². The van der Waals surface area contributed by atoms with Gasteiger partial charge in [-0.25, -0.2) is 4.79 Å². The van der Waals surface area contributed by atoms with Gasteiger partial charge in [0.2, 0.25) is 5.13 Å². The smallest absolute Gasteiger partial charge is 0.413 e. The van der Waals surface area contributed by atoms with Crippen molar-refractivity contribution >= 4 is 34.3 Å². The molecule has 0 unspecified atom stereocenters. The Labute approximate surface area is 109 Å². The number of hydrogen-bond donors (Lipinski definition) is 1. The molecule has 0 fully saturated rings. The summed E-state index contributed by atoms with van der Waals surface area (Å²) in [6.07, 6.45) is 2.51. The van der Waals surface area contributed by atoms with E-state index >= 15 is 0 Å². The molecule has 0 aliphatic heterocycles. The molecule has 0 aromatic carbocycles. The normalized spacial score (nSPS) is 10.2. The molecule has 0 saturated carbocycles. The zero-order valence-corrected chi connectivity index (χ0v) is 11.7. The molecule has 1 rings (SSSR count). The number of thioether (sulfide) groups is 1. The minimum atomic E-state index is -0.457. The van der Waals surface area contributed by atoms with Gasteiger partial charge in [0.25, 0.3) is 0 Å². The summed E-state index contributed by atoms with van der Waals surface area (Å²) in [5, 5.41) is 10.9. The largest absolute Gasteiger partial charge is 0.449 e. The van der Waals surface area contributed by atoms with Crippen LogP contribution in [0.1, 0.15) is 33.1 Å². The first-order valence-electron chi connectivity index (χ1n) is 5.66. The van der Waals surface area contributed by atoms with Crippen LogP contribution in [0.25, 0.3) is 0 Å². The molecule has 0 aliphatic rings. The Bertz CT molecular complexity index is 344. The average molecular weight is 275 g/mol. The fraction of sp³-hybridized carbons (Fsp3) is 0.700. The van der Waals surface area contributed by atoms with Crippen molar-refractivity contribution in [1.29, 1.82) is 0 Å². The highest BCUT2D eigenvalue weighted by atomic mass is 32.2. The van der Waals surface area contributed by atoms with Gasteiger partial charge >= 0.3 is 6.09 Å². The van der Waals surface area contributed by atoms with Gasteiger partial charge in [0.15, 0.2) is 4.34 Å². The van der Waals surface area contributed by atoms with E-state index in [1.54, 1.807) is 11.8 Å². The number of nitrogens with one attached hydrogen (secondary N) is 1. The summed E-state index contributed by atoms with van der Waals surface area (Å²) in [5.41, 5.74) is 0. The number of carbonyl (C=O) groups is 1. The summed E-state index contributed by atoms with van der Waals surface area (Å²) in [6.45, 7) is 4.60. The van der Waals surface area contributed by atoms with Crippen LogP contribution in [-0.2, 0) is 4.74 Å². The third-order valence-corrected chi connectivity index (χ3v) is 3.95. The summed E-state index contributed by atoms with van der Waals surface area (Å²) >= 11 is 3.01. The van der Waals surface area contributed by atoms with Gasteiger partial charge in [-0.05, 0) is 12.8 Å². The Morgan fingerprint density at radius 3 is 2.94 bits per heavy atom. The van der Waals surface area contributed by atoms with Crippen LogP contribution in [0.5, 0.6) is 0 Å². The van der Waals surface area contributed by atoms with Crippen LogP contribution in [0.15, 0.2) is 4.34 Å². The minimum Gasteiger partial charge on any atom is -0.449 e. The maximum atomic E-state index is 11.3. The zero-order chi connectivity index (χ0) is 12.5. The van der Waals surface area contributed by atoms with Gasteiger partial charge in [-0.1, -0.05) is 43.4 Å². The molecule has 0 saturated heterocycles. The number of unbranched alkanes of at least 4 members (excludes halogenated alkanes) is 1. The lowest BCUT2D eigenvalue weighted by molar-refractivity contribution is 0.160. The molecule has 1 amide bonds. The predicted molar refractivity (Wildman–Crippen MR) is 70.8 cm³/mol. The summed E-state index contributed by atoms with van der Waals surface area (Å²) in [6, 6.07) is 0. The highest BCUT2D eigenvalue weighted by Crippen LogP contribution is 2.25. The van der Waals surface area contributed by atoms with Gasteiger partial charge in [-0.15, -0.1) is 10.2 Å². The van der Waals surface area contributed by atoms with E-state index in [-0.39, 0.29) is 0 Å². The number of anilines is 1. The van der Waals surface area contributed by atoms with E-state index in [0.717, 1.165) is 29.4 Å². The second-order valence-corrected chi connectivity index (χ2v) is 5.66. The Hall–Kier alpha value is -0.820. The number of nitrogens with zero attached hydrogens (tertiary/aromatic N) is 2. The topological polar surface area (TPSA) is 64.1 Å². The maximum Gasteiger partial charge on any atom is 0.413 e. The number of hydrogen-bond acceptors (Lipinski definition) is 6. The molecule has 1 aromatic rings. The van der Waals surface area contributed by atoms with Crippen molar-refractivity contribution in [2.45, 2.75) is 37.4 Å².